The molecule has 4 aromatic rings. The Morgan fingerprint density at radius 3 is 2.56 bits per heavy atom. The molecule has 0 saturated heterocycles. The van der Waals surface area contributed by atoms with Crippen LogP contribution < -0.4 is 11.0 Å². The Morgan fingerprint density at radius 2 is 1.81 bits per heavy atom. The van der Waals surface area contributed by atoms with E-state index in [0.717, 1.165) is 38.0 Å². The summed E-state index contributed by atoms with van der Waals surface area (Å²) in [5.74, 6) is -0.298. The van der Waals surface area contributed by atoms with Gasteiger partial charge in [-0.3, -0.25) is 4.79 Å². The number of aryl methyl sites for hydroxylation is 3. The van der Waals surface area contributed by atoms with Gasteiger partial charge >= 0.3 is 5.69 Å². The first kappa shape index (κ1) is 17.0. The molecule has 0 aliphatic heterocycles. The van der Waals surface area contributed by atoms with Crippen LogP contribution in [-0.2, 0) is 11.3 Å². The minimum Gasteiger partial charge on any atom is -0.324 e. The number of carbonyl (C=O) groups is 1. The van der Waals surface area contributed by atoms with E-state index < -0.39 is 5.69 Å². The highest BCUT2D eigenvalue weighted by atomic mass is 16.2. The molecular formula is C20H19N5O2. The number of hydrogen-bond donors (Lipinski definition) is 1. The van der Waals surface area contributed by atoms with Gasteiger partial charge in [-0.1, -0.05) is 29.8 Å². The molecule has 0 radical (unpaired) electrons. The van der Waals surface area contributed by atoms with Crippen molar-refractivity contribution in [3.63, 3.8) is 0 Å². The van der Waals surface area contributed by atoms with Crippen molar-refractivity contribution >= 4 is 28.1 Å². The van der Waals surface area contributed by atoms with E-state index >= 15 is 0 Å². The summed E-state index contributed by atoms with van der Waals surface area (Å²) >= 11 is 0. The number of anilines is 1. The first-order chi connectivity index (χ1) is 12.9. The molecule has 7 nitrogen and oxygen atoms in total. The second-order valence-corrected chi connectivity index (χ2v) is 6.72. The van der Waals surface area contributed by atoms with E-state index in [1.165, 1.54) is 10.7 Å². The molecule has 2 aromatic heterocycles. The number of rotatable bonds is 3. The number of nitrogens with zero attached hydrogens (tertiary/aromatic N) is 4. The molecule has 0 atom stereocenters. The summed E-state index contributed by atoms with van der Waals surface area (Å²) in [5, 5.41) is 8.01. The molecule has 0 aliphatic carbocycles. The SMILES string of the molecule is Cc1cc(C)c(NC(=O)Cn2nc3c4ccccc4ncn3c2=O)c(C)c1. The van der Waals surface area contributed by atoms with E-state index in [-0.39, 0.29) is 12.5 Å². The van der Waals surface area contributed by atoms with E-state index in [2.05, 4.69) is 15.4 Å². The molecule has 0 saturated carbocycles. The average Bonchev–Trinajstić information content (AvgIpc) is 2.94. The molecule has 7 heteroatoms. The van der Waals surface area contributed by atoms with Crippen LogP contribution in [0.1, 0.15) is 16.7 Å². The van der Waals surface area contributed by atoms with Crippen LogP contribution in [-0.4, -0.2) is 25.1 Å². The number of fused-ring (bicyclic) bond motifs is 3. The van der Waals surface area contributed by atoms with Gasteiger partial charge in [0.1, 0.15) is 12.9 Å². The summed E-state index contributed by atoms with van der Waals surface area (Å²) in [6, 6.07) is 11.5. The molecule has 1 N–H and O–H groups in total. The maximum absolute atomic E-state index is 12.6. The number of carbonyl (C=O) groups excluding carboxylic acids is 1. The number of benzene rings is 2. The first-order valence-electron chi connectivity index (χ1n) is 8.64. The zero-order valence-corrected chi connectivity index (χ0v) is 15.4. The van der Waals surface area contributed by atoms with Gasteiger partial charge in [-0.25, -0.2) is 18.9 Å². The molecule has 1 amide bonds. The largest absolute Gasteiger partial charge is 0.352 e. The Balaban J connectivity index is 1.68. The van der Waals surface area contributed by atoms with Crippen LogP contribution in [0.3, 0.4) is 0 Å². The predicted octanol–water partition coefficient (Wildman–Crippen LogP) is 2.61. The lowest BCUT2D eigenvalue weighted by atomic mass is 10.1. The Hall–Kier alpha value is -3.48. The van der Waals surface area contributed by atoms with Crippen molar-refractivity contribution in [2.45, 2.75) is 27.3 Å². The van der Waals surface area contributed by atoms with E-state index in [9.17, 15) is 9.59 Å². The Labute approximate surface area is 155 Å². The average molecular weight is 361 g/mol. The molecule has 2 aromatic carbocycles. The summed E-state index contributed by atoms with van der Waals surface area (Å²) in [4.78, 5) is 29.4. The summed E-state index contributed by atoms with van der Waals surface area (Å²) in [6.45, 7) is 5.75. The molecule has 4 rings (SSSR count). The third kappa shape index (κ3) is 2.97. The number of nitrogens with one attached hydrogen (secondary N) is 1. The molecule has 0 aliphatic rings. The zero-order chi connectivity index (χ0) is 19.1. The Bertz CT molecular complexity index is 1230. The van der Waals surface area contributed by atoms with Crippen LogP contribution in [0.25, 0.3) is 16.6 Å². The molecule has 0 fully saturated rings. The summed E-state index contributed by atoms with van der Waals surface area (Å²) in [7, 11) is 0. The molecule has 2 heterocycles. The lowest BCUT2D eigenvalue weighted by Gasteiger charge is -2.12. The van der Waals surface area contributed by atoms with Crippen LogP contribution in [0.15, 0.2) is 47.5 Å². The molecule has 0 bridgehead atoms. The Kier molecular flexibility index (Phi) is 3.99. The second kappa shape index (κ2) is 6.35. The number of hydrogen-bond acceptors (Lipinski definition) is 4. The summed E-state index contributed by atoms with van der Waals surface area (Å²) < 4.78 is 2.52. The minimum absolute atomic E-state index is 0.165. The van der Waals surface area contributed by atoms with Crippen molar-refractivity contribution < 1.29 is 4.79 Å². The normalized spacial score (nSPS) is 11.2. The first-order valence-corrected chi connectivity index (χ1v) is 8.64. The van der Waals surface area contributed by atoms with Gasteiger partial charge in [0.2, 0.25) is 5.91 Å². The molecular weight excluding hydrogens is 342 g/mol. The van der Waals surface area contributed by atoms with Crippen LogP contribution in [0.2, 0.25) is 0 Å². The van der Waals surface area contributed by atoms with Gasteiger partial charge in [0, 0.05) is 11.1 Å². The lowest BCUT2D eigenvalue weighted by Crippen LogP contribution is -2.28. The number of para-hydroxylation sites is 1. The quantitative estimate of drug-likeness (QED) is 0.608. The van der Waals surface area contributed by atoms with Gasteiger partial charge < -0.3 is 5.32 Å². The summed E-state index contributed by atoms with van der Waals surface area (Å²) in [6.07, 6.45) is 1.44. The monoisotopic (exact) mass is 361 g/mol. The molecule has 0 unspecified atom stereocenters. The van der Waals surface area contributed by atoms with Gasteiger partial charge in [-0.05, 0) is 44.0 Å². The van der Waals surface area contributed by atoms with Gasteiger partial charge in [0.25, 0.3) is 0 Å². The van der Waals surface area contributed by atoms with Crippen molar-refractivity contribution in [1.29, 1.82) is 0 Å². The predicted molar refractivity (Wildman–Crippen MR) is 104 cm³/mol. The van der Waals surface area contributed by atoms with Crippen molar-refractivity contribution in [3.05, 3.63) is 69.9 Å². The highest BCUT2D eigenvalue weighted by molar-refractivity contribution is 5.93. The number of amides is 1. The minimum atomic E-state index is -0.393. The van der Waals surface area contributed by atoms with E-state index in [0.29, 0.717) is 5.65 Å². The van der Waals surface area contributed by atoms with E-state index in [1.54, 1.807) is 0 Å². The Morgan fingerprint density at radius 1 is 1.11 bits per heavy atom. The smallest absolute Gasteiger partial charge is 0.324 e. The molecule has 136 valence electrons. The lowest BCUT2D eigenvalue weighted by molar-refractivity contribution is -0.117. The van der Waals surface area contributed by atoms with Gasteiger partial charge in [0.15, 0.2) is 5.65 Å². The zero-order valence-electron chi connectivity index (χ0n) is 15.4. The molecule has 0 spiro atoms. The van der Waals surface area contributed by atoms with E-state index in [1.807, 2.05) is 57.2 Å². The second-order valence-electron chi connectivity index (χ2n) is 6.72. The molecule has 27 heavy (non-hydrogen) atoms. The van der Waals surface area contributed by atoms with Gasteiger partial charge in [-0.2, -0.15) is 0 Å². The third-order valence-electron chi connectivity index (χ3n) is 4.56. The van der Waals surface area contributed by atoms with Crippen LogP contribution in [0, 0.1) is 20.8 Å². The summed E-state index contributed by atoms with van der Waals surface area (Å²) in [5.41, 5.74) is 4.72. The van der Waals surface area contributed by atoms with Crippen molar-refractivity contribution in [3.8, 4) is 0 Å². The standard InChI is InChI=1S/C20H19N5O2/c1-12-8-13(2)18(14(3)9-12)22-17(26)10-25-20(27)24-11-21-16-7-5-4-6-15(16)19(24)23-25/h4-9,11H,10H2,1-3H3,(H,22,26). The van der Waals surface area contributed by atoms with Crippen molar-refractivity contribution in [2.24, 2.45) is 0 Å². The highest BCUT2D eigenvalue weighted by Crippen LogP contribution is 2.22. The fourth-order valence-corrected chi connectivity index (χ4v) is 3.40. The van der Waals surface area contributed by atoms with E-state index in [4.69, 9.17) is 0 Å². The van der Waals surface area contributed by atoms with Gasteiger partial charge in [-0.15, -0.1) is 5.10 Å². The van der Waals surface area contributed by atoms with Crippen molar-refractivity contribution in [2.75, 3.05) is 5.32 Å². The fraction of sp³-hybridized carbons (Fsp3) is 0.200. The maximum atomic E-state index is 12.6. The highest BCUT2D eigenvalue weighted by Gasteiger charge is 2.14. The third-order valence-corrected chi connectivity index (χ3v) is 4.56. The van der Waals surface area contributed by atoms with Crippen LogP contribution in [0.4, 0.5) is 5.69 Å². The van der Waals surface area contributed by atoms with Crippen LogP contribution >= 0.6 is 0 Å². The fourth-order valence-electron chi connectivity index (χ4n) is 3.40. The van der Waals surface area contributed by atoms with Crippen molar-refractivity contribution in [1.82, 2.24) is 19.2 Å². The van der Waals surface area contributed by atoms with Crippen LogP contribution in [0.5, 0.6) is 0 Å². The number of aromatic nitrogens is 4. The maximum Gasteiger partial charge on any atom is 0.352 e. The van der Waals surface area contributed by atoms with Gasteiger partial charge in [0.05, 0.1) is 5.52 Å². The topological polar surface area (TPSA) is 81.3 Å².